The molecule has 18 heavy (non-hydrogen) atoms. The van der Waals surface area contributed by atoms with Crippen LogP contribution >= 0.6 is 0 Å². The monoisotopic (exact) mass is 254 g/mol. The van der Waals surface area contributed by atoms with Crippen molar-refractivity contribution >= 4 is 0 Å². The van der Waals surface area contributed by atoms with Gasteiger partial charge in [0.2, 0.25) is 0 Å². The molecule has 0 bridgehead atoms. The van der Waals surface area contributed by atoms with Crippen LogP contribution in [0.5, 0.6) is 0 Å². The Balaban J connectivity index is 2.47. The van der Waals surface area contributed by atoms with Crippen LogP contribution < -0.4 is 0 Å². The molecule has 2 heteroatoms. The lowest BCUT2D eigenvalue weighted by molar-refractivity contribution is 0.497. The first-order valence-electron chi connectivity index (χ1n) is 7.14. The maximum absolute atomic E-state index is 13.2. The van der Waals surface area contributed by atoms with Gasteiger partial charge < -0.3 is 0 Å². The number of rotatable bonds is 8. The van der Waals surface area contributed by atoms with Crippen LogP contribution in [0.3, 0.4) is 0 Å². The Labute approximate surface area is 109 Å². The van der Waals surface area contributed by atoms with E-state index in [-0.39, 0.29) is 0 Å². The predicted octanol–water partition coefficient (Wildman–Crippen LogP) is 5.82. The van der Waals surface area contributed by atoms with E-state index >= 15 is 0 Å². The molecule has 0 aromatic heterocycles. The van der Waals surface area contributed by atoms with Crippen LogP contribution in [-0.4, -0.2) is 0 Å². The van der Waals surface area contributed by atoms with Gasteiger partial charge in [0.25, 0.3) is 0 Å². The predicted molar refractivity (Wildman–Crippen MR) is 72.8 cm³/mol. The van der Waals surface area contributed by atoms with Gasteiger partial charge in [-0.1, -0.05) is 52.0 Å². The summed E-state index contributed by atoms with van der Waals surface area (Å²) in [4.78, 5) is 0. The van der Waals surface area contributed by atoms with E-state index in [1.54, 1.807) is 6.07 Å². The Morgan fingerprint density at radius 1 is 0.944 bits per heavy atom. The van der Waals surface area contributed by atoms with Crippen LogP contribution in [0.4, 0.5) is 8.78 Å². The fraction of sp³-hybridized carbons (Fsp3) is 0.625. The highest BCUT2D eigenvalue weighted by Gasteiger charge is 2.11. The molecule has 0 saturated carbocycles. The van der Waals surface area contributed by atoms with E-state index in [4.69, 9.17) is 0 Å². The van der Waals surface area contributed by atoms with Crippen molar-refractivity contribution in [3.05, 3.63) is 35.4 Å². The number of hydrogen-bond acceptors (Lipinski definition) is 0. The Morgan fingerprint density at radius 3 is 2.28 bits per heavy atom. The maximum Gasteiger partial charge on any atom is 0.159 e. The molecular formula is C16H24F2. The smallest absolute Gasteiger partial charge is 0.159 e. The summed E-state index contributed by atoms with van der Waals surface area (Å²) in [5.41, 5.74) is 0.937. The molecule has 102 valence electrons. The van der Waals surface area contributed by atoms with Gasteiger partial charge in [0, 0.05) is 0 Å². The Morgan fingerprint density at radius 2 is 1.67 bits per heavy atom. The molecule has 0 amide bonds. The van der Waals surface area contributed by atoms with Gasteiger partial charge in [-0.2, -0.15) is 0 Å². The van der Waals surface area contributed by atoms with Crippen LogP contribution in [-0.2, 0) is 0 Å². The first kappa shape index (κ1) is 15.1. The molecule has 1 aromatic rings. The summed E-state index contributed by atoms with van der Waals surface area (Å²) >= 11 is 0. The fourth-order valence-corrected chi connectivity index (χ4v) is 2.37. The number of hydrogen-bond donors (Lipinski definition) is 0. The molecule has 0 spiro atoms. The first-order valence-corrected chi connectivity index (χ1v) is 7.14. The van der Waals surface area contributed by atoms with Gasteiger partial charge in [-0.3, -0.25) is 0 Å². The highest BCUT2D eigenvalue weighted by molar-refractivity contribution is 5.21. The largest absolute Gasteiger partial charge is 0.204 e. The molecule has 0 aliphatic heterocycles. The highest BCUT2D eigenvalue weighted by atomic mass is 19.2. The van der Waals surface area contributed by atoms with Crippen molar-refractivity contribution in [2.45, 2.75) is 64.7 Å². The molecule has 0 nitrogen and oxygen atoms in total. The standard InChI is InChI=1S/C16H24F2/c1-3-5-6-7-8-9-13(4-2)14-10-11-15(17)16(18)12-14/h10-13H,3-9H2,1-2H3. The van der Waals surface area contributed by atoms with E-state index in [0.29, 0.717) is 5.92 Å². The van der Waals surface area contributed by atoms with E-state index in [9.17, 15) is 8.78 Å². The summed E-state index contributed by atoms with van der Waals surface area (Å²) < 4.78 is 26.1. The van der Waals surface area contributed by atoms with Gasteiger partial charge in [-0.25, -0.2) is 8.78 Å². The third-order valence-electron chi connectivity index (χ3n) is 3.56. The fourth-order valence-electron chi connectivity index (χ4n) is 2.37. The zero-order chi connectivity index (χ0) is 13.4. The average Bonchev–Trinajstić information content (AvgIpc) is 2.37. The van der Waals surface area contributed by atoms with Crippen LogP contribution in [0, 0.1) is 11.6 Å². The quantitative estimate of drug-likeness (QED) is 0.513. The zero-order valence-electron chi connectivity index (χ0n) is 11.5. The molecule has 1 atom stereocenters. The second-order valence-corrected chi connectivity index (χ2v) is 4.98. The van der Waals surface area contributed by atoms with E-state index in [1.165, 1.54) is 44.2 Å². The van der Waals surface area contributed by atoms with Crippen molar-refractivity contribution in [1.82, 2.24) is 0 Å². The maximum atomic E-state index is 13.2. The van der Waals surface area contributed by atoms with Crippen LogP contribution in [0.25, 0.3) is 0 Å². The van der Waals surface area contributed by atoms with Gasteiger partial charge in [0.1, 0.15) is 0 Å². The molecule has 1 rings (SSSR count). The van der Waals surface area contributed by atoms with Crippen molar-refractivity contribution in [2.75, 3.05) is 0 Å². The Kier molecular flexibility index (Phi) is 6.92. The lowest BCUT2D eigenvalue weighted by Gasteiger charge is -2.15. The molecular weight excluding hydrogens is 230 g/mol. The Bertz CT molecular complexity index is 347. The lowest BCUT2D eigenvalue weighted by Crippen LogP contribution is -1.99. The summed E-state index contributed by atoms with van der Waals surface area (Å²) in [6.45, 7) is 4.31. The van der Waals surface area contributed by atoms with E-state index < -0.39 is 11.6 Å². The van der Waals surface area contributed by atoms with Crippen molar-refractivity contribution in [2.24, 2.45) is 0 Å². The minimum Gasteiger partial charge on any atom is -0.204 e. The highest BCUT2D eigenvalue weighted by Crippen LogP contribution is 2.27. The van der Waals surface area contributed by atoms with Crippen LogP contribution in [0.15, 0.2) is 18.2 Å². The number of benzene rings is 1. The van der Waals surface area contributed by atoms with Gasteiger partial charge in [0.05, 0.1) is 0 Å². The minimum atomic E-state index is -0.753. The summed E-state index contributed by atoms with van der Waals surface area (Å²) in [7, 11) is 0. The van der Waals surface area contributed by atoms with E-state index in [0.717, 1.165) is 18.4 Å². The summed E-state index contributed by atoms with van der Waals surface area (Å²) in [5, 5.41) is 0. The van der Waals surface area contributed by atoms with Gasteiger partial charge in [-0.15, -0.1) is 0 Å². The van der Waals surface area contributed by atoms with Gasteiger partial charge in [0.15, 0.2) is 11.6 Å². The SMILES string of the molecule is CCCCCCCC(CC)c1ccc(F)c(F)c1. The van der Waals surface area contributed by atoms with Crippen LogP contribution in [0.1, 0.15) is 70.3 Å². The molecule has 0 aliphatic carbocycles. The zero-order valence-corrected chi connectivity index (χ0v) is 11.5. The molecule has 1 aromatic carbocycles. The summed E-state index contributed by atoms with van der Waals surface area (Å²) in [6.07, 6.45) is 8.31. The minimum absolute atomic E-state index is 0.363. The molecule has 0 saturated heterocycles. The molecule has 0 fully saturated rings. The summed E-state index contributed by atoms with van der Waals surface area (Å²) in [5.74, 6) is -1.12. The Hall–Kier alpha value is -0.920. The van der Waals surface area contributed by atoms with Gasteiger partial charge >= 0.3 is 0 Å². The van der Waals surface area contributed by atoms with E-state index in [1.807, 2.05) is 0 Å². The average molecular weight is 254 g/mol. The number of unbranched alkanes of at least 4 members (excludes halogenated alkanes) is 4. The third-order valence-corrected chi connectivity index (χ3v) is 3.56. The molecule has 0 heterocycles. The molecule has 1 unspecified atom stereocenters. The topological polar surface area (TPSA) is 0 Å². The second-order valence-electron chi connectivity index (χ2n) is 4.98. The second kappa shape index (κ2) is 8.23. The van der Waals surface area contributed by atoms with E-state index in [2.05, 4.69) is 13.8 Å². The van der Waals surface area contributed by atoms with Crippen molar-refractivity contribution in [3.63, 3.8) is 0 Å². The van der Waals surface area contributed by atoms with Crippen molar-refractivity contribution in [1.29, 1.82) is 0 Å². The first-order chi connectivity index (χ1) is 8.69. The van der Waals surface area contributed by atoms with Crippen molar-refractivity contribution in [3.8, 4) is 0 Å². The lowest BCUT2D eigenvalue weighted by atomic mass is 9.90. The number of halogens is 2. The molecule has 0 radical (unpaired) electrons. The molecule has 0 aliphatic rings. The normalized spacial score (nSPS) is 12.7. The van der Waals surface area contributed by atoms with Gasteiger partial charge in [-0.05, 0) is 36.5 Å². The van der Waals surface area contributed by atoms with Crippen LogP contribution in [0.2, 0.25) is 0 Å². The van der Waals surface area contributed by atoms with Crippen molar-refractivity contribution < 1.29 is 8.78 Å². The summed E-state index contributed by atoms with van der Waals surface area (Å²) in [6, 6.07) is 4.32. The third kappa shape index (κ3) is 4.75. The molecule has 0 N–H and O–H groups in total.